The molecule has 0 bridgehead atoms. The Hall–Kier alpha value is -2.33. The van der Waals surface area contributed by atoms with E-state index in [0.29, 0.717) is 17.0 Å². The van der Waals surface area contributed by atoms with Crippen molar-refractivity contribution in [2.45, 2.75) is 12.8 Å². The Morgan fingerprint density at radius 1 is 0.905 bits per heavy atom. The van der Waals surface area contributed by atoms with Crippen LogP contribution in [0.3, 0.4) is 0 Å². The number of benzene rings is 2. The van der Waals surface area contributed by atoms with Crippen LogP contribution in [-0.4, -0.2) is 11.8 Å². The van der Waals surface area contributed by atoms with Crippen LogP contribution in [-0.2, 0) is 11.2 Å². The molecule has 0 fully saturated rings. The van der Waals surface area contributed by atoms with Gasteiger partial charge in [0.1, 0.15) is 0 Å². The smallest absolute Gasteiger partial charge is 0.269 e. The summed E-state index contributed by atoms with van der Waals surface area (Å²) >= 11 is 6.01. The van der Waals surface area contributed by atoms with Gasteiger partial charge in [0.15, 0.2) is 0 Å². The van der Waals surface area contributed by atoms with Crippen LogP contribution in [0.4, 0.5) is 0 Å². The predicted octanol–water partition coefficient (Wildman–Crippen LogP) is 2.73. The summed E-state index contributed by atoms with van der Waals surface area (Å²) in [6.45, 7) is 0. The predicted molar refractivity (Wildman–Crippen MR) is 81.8 cm³/mol. The fourth-order valence-corrected chi connectivity index (χ4v) is 2.03. The fraction of sp³-hybridized carbons (Fsp3) is 0.125. The molecule has 0 saturated carbocycles. The van der Waals surface area contributed by atoms with Crippen LogP contribution in [0.5, 0.6) is 0 Å². The summed E-state index contributed by atoms with van der Waals surface area (Å²) in [7, 11) is 0. The SMILES string of the molecule is O=C(CCc1ccccc1Cl)NNC(=O)c1ccccc1. The second-order valence-electron chi connectivity index (χ2n) is 4.46. The third kappa shape index (κ3) is 4.61. The summed E-state index contributed by atoms with van der Waals surface area (Å²) in [5.41, 5.74) is 6.16. The number of hydrazine groups is 1. The molecule has 2 aromatic carbocycles. The zero-order chi connectivity index (χ0) is 15.1. The second kappa shape index (κ2) is 7.45. The van der Waals surface area contributed by atoms with Gasteiger partial charge >= 0.3 is 0 Å². The maximum absolute atomic E-state index is 11.7. The Morgan fingerprint density at radius 2 is 1.57 bits per heavy atom. The molecule has 2 rings (SSSR count). The monoisotopic (exact) mass is 302 g/mol. The van der Waals surface area contributed by atoms with E-state index in [2.05, 4.69) is 10.9 Å². The number of aryl methyl sites for hydroxylation is 1. The minimum absolute atomic E-state index is 0.249. The van der Waals surface area contributed by atoms with Crippen LogP contribution in [0.25, 0.3) is 0 Å². The van der Waals surface area contributed by atoms with Gasteiger partial charge in [-0.15, -0.1) is 0 Å². The topological polar surface area (TPSA) is 58.2 Å². The van der Waals surface area contributed by atoms with Gasteiger partial charge in [-0.1, -0.05) is 48.0 Å². The van der Waals surface area contributed by atoms with Crippen molar-refractivity contribution < 1.29 is 9.59 Å². The van der Waals surface area contributed by atoms with Crippen molar-refractivity contribution >= 4 is 23.4 Å². The first-order chi connectivity index (χ1) is 10.2. The zero-order valence-electron chi connectivity index (χ0n) is 11.3. The van der Waals surface area contributed by atoms with Gasteiger partial charge < -0.3 is 0 Å². The van der Waals surface area contributed by atoms with Crippen LogP contribution in [0.15, 0.2) is 54.6 Å². The molecule has 21 heavy (non-hydrogen) atoms. The first-order valence-electron chi connectivity index (χ1n) is 6.54. The van der Waals surface area contributed by atoms with Crippen molar-refractivity contribution in [3.63, 3.8) is 0 Å². The third-order valence-electron chi connectivity index (χ3n) is 2.93. The molecule has 0 unspecified atom stereocenters. The molecule has 0 heterocycles. The van der Waals surface area contributed by atoms with Gasteiger partial charge in [-0.2, -0.15) is 0 Å². The Morgan fingerprint density at radius 3 is 2.29 bits per heavy atom. The first-order valence-corrected chi connectivity index (χ1v) is 6.92. The molecular weight excluding hydrogens is 288 g/mol. The van der Waals surface area contributed by atoms with Gasteiger partial charge in [0.05, 0.1) is 0 Å². The molecule has 108 valence electrons. The molecule has 0 radical (unpaired) electrons. The van der Waals surface area contributed by atoms with Gasteiger partial charge in [0.2, 0.25) is 5.91 Å². The molecular formula is C16H15ClN2O2. The standard InChI is InChI=1S/C16H15ClN2O2/c17-14-9-5-4-6-12(14)10-11-15(20)18-19-16(21)13-7-2-1-3-8-13/h1-9H,10-11H2,(H,18,20)(H,19,21). The molecule has 2 aromatic rings. The van der Waals surface area contributed by atoms with Gasteiger partial charge in [-0.05, 0) is 30.2 Å². The van der Waals surface area contributed by atoms with Crippen LogP contribution >= 0.6 is 11.6 Å². The minimum atomic E-state index is -0.346. The summed E-state index contributed by atoms with van der Waals surface area (Å²) in [6, 6.07) is 16.0. The van der Waals surface area contributed by atoms with Crippen molar-refractivity contribution in [2.24, 2.45) is 0 Å². The first kappa shape index (κ1) is 15.1. The molecule has 0 aliphatic heterocycles. The number of rotatable bonds is 4. The van der Waals surface area contributed by atoms with E-state index in [-0.39, 0.29) is 18.2 Å². The Kier molecular flexibility index (Phi) is 5.35. The van der Waals surface area contributed by atoms with E-state index in [9.17, 15) is 9.59 Å². The van der Waals surface area contributed by atoms with Crippen molar-refractivity contribution in [1.29, 1.82) is 0 Å². The maximum Gasteiger partial charge on any atom is 0.269 e. The number of carbonyl (C=O) groups excluding carboxylic acids is 2. The Labute approximate surface area is 128 Å². The van der Waals surface area contributed by atoms with Crippen molar-refractivity contribution in [2.75, 3.05) is 0 Å². The lowest BCUT2D eigenvalue weighted by atomic mass is 10.1. The highest BCUT2D eigenvalue weighted by atomic mass is 35.5. The number of carbonyl (C=O) groups is 2. The van der Waals surface area contributed by atoms with E-state index in [1.807, 2.05) is 24.3 Å². The van der Waals surface area contributed by atoms with E-state index in [0.717, 1.165) is 5.56 Å². The molecule has 2 amide bonds. The van der Waals surface area contributed by atoms with Crippen molar-refractivity contribution in [1.82, 2.24) is 10.9 Å². The van der Waals surface area contributed by atoms with Crippen molar-refractivity contribution in [3.05, 3.63) is 70.7 Å². The molecule has 0 aromatic heterocycles. The number of hydrogen-bond acceptors (Lipinski definition) is 2. The molecule has 0 saturated heterocycles. The lowest BCUT2D eigenvalue weighted by Gasteiger charge is -2.08. The second-order valence-corrected chi connectivity index (χ2v) is 4.87. The number of nitrogens with one attached hydrogen (secondary N) is 2. The highest BCUT2D eigenvalue weighted by Crippen LogP contribution is 2.16. The quantitative estimate of drug-likeness (QED) is 0.853. The number of hydrogen-bond donors (Lipinski definition) is 2. The van der Waals surface area contributed by atoms with Crippen LogP contribution in [0.2, 0.25) is 5.02 Å². The lowest BCUT2D eigenvalue weighted by molar-refractivity contribution is -0.121. The minimum Gasteiger partial charge on any atom is -0.273 e. The average Bonchev–Trinajstić information content (AvgIpc) is 2.52. The largest absolute Gasteiger partial charge is 0.273 e. The fourth-order valence-electron chi connectivity index (χ4n) is 1.80. The van der Waals surface area contributed by atoms with E-state index in [4.69, 9.17) is 11.6 Å². The van der Waals surface area contributed by atoms with Gasteiger partial charge in [0.25, 0.3) is 5.91 Å². The molecule has 2 N–H and O–H groups in total. The molecule has 0 spiro atoms. The summed E-state index contributed by atoms with van der Waals surface area (Å²) < 4.78 is 0. The van der Waals surface area contributed by atoms with Crippen molar-refractivity contribution in [3.8, 4) is 0 Å². The summed E-state index contributed by atoms with van der Waals surface area (Å²) in [6.07, 6.45) is 0.769. The van der Waals surface area contributed by atoms with Gasteiger partial charge in [0, 0.05) is 17.0 Å². The molecule has 5 heteroatoms. The van der Waals surface area contributed by atoms with Gasteiger partial charge in [-0.3, -0.25) is 20.4 Å². The molecule has 4 nitrogen and oxygen atoms in total. The van der Waals surface area contributed by atoms with E-state index in [1.165, 1.54) is 0 Å². The van der Waals surface area contributed by atoms with E-state index < -0.39 is 0 Å². The van der Waals surface area contributed by atoms with Crippen LogP contribution < -0.4 is 10.9 Å². The summed E-state index contributed by atoms with van der Waals surface area (Å²) in [5, 5.41) is 0.638. The van der Waals surface area contributed by atoms with E-state index >= 15 is 0 Å². The molecule has 0 aliphatic rings. The van der Waals surface area contributed by atoms with Crippen LogP contribution in [0.1, 0.15) is 22.3 Å². The lowest BCUT2D eigenvalue weighted by Crippen LogP contribution is -2.41. The number of amides is 2. The van der Waals surface area contributed by atoms with Crippen LogP contribution in [0, 0.1) is 0 Å². The zero-order valence-corrected chi connectivity index (χ0v) is 12.1. The summed E-state index contributed by atoms with van der Waals surface area (Å²) in [4.78, 5) is 23.4. The molecule has 0 aliphatic carbocycles. The summed E-state index contributed by atoms with van der Waals surface area (Å²) in [5.74, 6) is -0.610. The molecule has 0 atom stereocenters. The Bertz CT molecular complexity index is 629. The Balaban J connectivity index is 1.78. The highest BCUT2D eigenvalue weighted by molar-refractivity contribution is 6.31. The normalized spacial score (nSPS) is 9.95. The number of halogens is 1. The third-order valence-corrected chi connectivity index (χ3v) is 3.30. The maximum atomic E-state index is 11.7. The van der Waals surface area contributed by atoms with Gasteiger partial charge in [-0.25, -0.2) is 0 Å². The average molecular weight is 303 g/mol. The highest BCUT2D eigenvalue weighted by Gasteiger charge is 2.07. The van der Waals surface area contributed by atoms with E-state index in [1.54, 1.807) is 30.3 Å².